The molecule has 2 aromatic rings. The van der Waals surface area contributed by atoms with Gasteiger partial charge in [-0.3, -0.25) is 9.36 Å². The van der Waals surface area contributed by atoms with Crippen molar-refractivity contribution in [3.8, 4) is 0 Å². The van der Waals surface area contributed by atoms with Crippen LogP contribution in [0.5, 0.6) is 0 Å². The number of alkyl halides is 2. The number of nitrogens with zero attached hydrogens (tertiary/aromatic N) is 6. The van der Waals surface area contributed by atoms with Gasteiger partial charge in [-0.1, -0.05) is 0 Å². The molecule has 14 heteroatoms. The number of hydrogen-bond donors (Lipinski definition) is 1. The van der Waals surface area contributed by atoms with Gasteiger partial charge in [0.1, 0.15) is 24.7 Å². The van der Waals surface area contributed by atoms with Gasteiger partial charge < -0.3 is 0 Å². The van der Waals surface area contributed by atoms with E-state index in [1.54, 1.807) is 25.0 Å². The van der Waals surface area contributed by atoms with Gasteiger partial charge >= 0.3 is 11.9 Å². The lowest BCUT2D eigenvalue weighted by Gasteiger charge is -2.28. The fourth-order valence-corrected chi connectivity index (χ4v) is 6.08. The first-order valence-electron chi connectivity index (χ1n) is 11.6. The smallest absolute Gasteiger partial charge is 0.275 e. The van der Waals surface area contributed by atoms with Crippen LogP contribution in [-0.4, -0.2) is 67.1 Å². The van der Waals surface area contributed by atoms with Crippen LogP contribution in [0.4, 0.5) is 13.6 Å². The molecule has 0 bridgehead atoms. The summed E-state index contributed by atoms with van der Waals surface area (Å²) in [6.07, 6.45) is 4.26. The SMILES string of the molecule is Cc1cc(C[N+]2=C3C=CC(S(=O)(=O)NC4(C(F)F)CC4)=CC3C(=O)N(Cc3cnn(C)c3)C2=O)n(C)n1. The molecule has 3 aliphatic rings. The standard InChI is InChI=1S/C23H26F2N7O4S/c1-14-8-16(30(3)27-14)13-31-19-5-4-17(37(35,36)28-23(6-7-23)21(24)25)9-18(19)20(33)32(22(31)34)12-15-10-26-29(2)11-15/h4-5,8-11,18,21,28H,6-7,12-13H2,1-3H3/q+1. The zero-order valence-corrected chi connectivity index (χ0v) is 21.2. The molecule has 1 aliphatic heterocycles. The Kier molecular flexibility index (Phi) is 5.98. The average molecular weight is 535 g/mol. The number of rotatable bonds is 8. The van der Waals surface area contributed by atoms with Gasteiger partial charge in [0, 0.05) is 25.9 Å². The Hall–Kier alpha value is -3.52. The van der Waals surface area contributed by atoms with E-state index < -0.39 is 39.8 Å². The van der Waals surface area contributed by atoms with Gasteiger partial charge in [-0.2, -0.15) is 29.2 Å². The monoisotopic (exact) mass is 534 g/mol. The molecular weight excluding hydrogens is 508 g/mol. The van der Waals surface area contributed by atoms with Crippen LogP contribution >= 0.6 is 0 Å². The van der Waals surface area contributed by atoms with Crippen molar-refractivity contribution < 1.29 is 31.4 Å². The number of carbonyl (C=O) groups excluding carboxylic acids is 2. The lowest BCUT2D eigenvalue weighted by Crippen LogP contribution is -2.54. The van der Waals surface area contributed by atoms with E-state index in [1.165, 1.54) is 33.7 Å². The van der Waals surface area contributed by atoms with Gasteiger partial charge in [0.15, 0.2) is 0 Å². The van der Waals surface area contributed by atoms with Crippen molar-refractivity contribution in [2.45, 2.75) is 44.8 Å². The van der Waals surface area contributed by atoms with Crippen LogP contribution in [0, 0.1) is 12.8 Å². The van der Waals surface area contributed by atoms with Crippen molar-refractivity contribution in [1.82, 2.24) is 29.2 Å². The molecule has 2 aromatic heterocycles. The van der Waals surface area contributed by atoms with Crippen LogP contribution in [0.3, 0.4) is 0 Å². The number of nitrogens with one attached hydrogen (secondary N) is 1. The van der Waals surface area contributed by atoms with E-state index in [0.717, 1.165) is 10.6 Å². The van der Waals surface area contributed by atoms with Gasteiger partial charge in [-0.25, -0.2) is 22.0 Å². The second kappa shape index (κ2) is 8.80. The molecule has 3 heterocycles. The molecule has 1 atom stereocenters. The third-order valence-electron chi connectivity index (χ3n) is 6.75. The molecule has 0 saturated heterocycles. The van der Waals surface area contributed by atoms with Crippen LogP contribution in [0.1, 0.15) is 29.8 Å². The van der Waals surface area contributed by atoms with Crippen LogP contribution in [0.2, 0.25) is 0 Å². The molecule has 196 valence electrons. The number of aromatic nitrogens is 4. The van der Waals surface area contributed by atoms with Gasteiger partial charge in [0.25, 0.3) is 6.43 Å². The number of aryl methyl sites for hydroxylation is 3. The maximum absolute atomic E-state index is 13.6. The van der Waals surface area contributed by atoms with Gasteiger partial charge in [0.05, 0.1) is 28.0 Å². The van der Waals surface area contributed by atoms with Gasteiger partial charge in [-0.15, -0.1) is 0 Å². The first kappa shape index (κ1) is 25.1. The highest BCUT2D eigenvalue weighted by Gasteiger charge is 2.55. The summed E-state index contributed by atoms with van der Waals surface area (Å²) in [5, 5.41) is 8.39. The minimum Gasteiger partial charge on any atom is -0.275 e. The predicted octanol–water partition coefficient (Wildman–Crippen LogP) is 1.36. The number of fused-ring (bicyclic) bond motifs is 1. The van der Waals surface area contributed by atoms with Crippen molar-refractivity contribution in [3.05, 3.63) is 58.5 Å². The highest BCUT2D eigenvalue weighted by atomic mass is 32.2. The molecule has 3 amide bonds. The second-order valence-electron chi connectivity index (χ2n) is 9.58. The molecular formula is C23H26F2N7O4S+. The summed E-state index contributed by atoms with van der Waals surface area (Å²) >= 11 is 0. The van der Waals surface area contributed by atoms with Crippen LogP contribution in [-0.2, 0) is 42.0 Å². The molecule has 0 radical (unpaired) electrons. The molecule has 0 aromatic carbocycles. The number of sulfonamides is 1. The molecule has 2 aliphatic carbocycles. The molecule has 1 saturated carbocycles. The Balaban J connectivity index is 1.54. The fraction of sp³-hybridized carbons (Fsp3) is 0.435. The summed E-state index contributed by atoms with van der Waals surface area (Å²) in [5.41, 5.74) is 0.586. The minimum atomic E-state index is -4.33. The largest absolute Gasteiger partial charge is 0.501 e. The maximum Gasteiger partial charge on any atom is 0.501 e. The number of allylic oxidation sites excluding steroid dienone is 2. The number of hydrogen-bond acceptors (Lipinski definition) is 6. The Morgan fingerprint density at radius 3 is 2.54 bits per heavy atom. The first-order chi connectivity index (χ1) is 17.4. The van der Waals surface area contributed by atoms with E-state index >= 15 is 0 Å². The molecule has 1 N–H and O–H groups in total. The maximum atomic E-state index is 13.6. The molecule has 11 nitrogen and oxygen atoms in total. The van der Waals surface area contributed by atoms with Crippen LogP contribution in [0.25, 0.3) is 0 Å². The van der Waals surface area contributed by atoms with Gasteiger partial charge in [-0.05, 0) is 44.1 Å². The topological polar surface area (TPSA) is 122 Å². The van der Waals surface area contributed by atoms with E-state index in [-0.39, 0.29) is 30.8 Å². The number of urea groups is 1. The molecule has 1 unspecified atom stereocenters. The highest BCUT2D eigenvalue weighted by molar-refractivity contribution is 7.93. The zero-order valence-electron chi connectivity index (χ0n) is 20.4. The van der Waals surface area contributed by atoms with Crippen molar-refractivity contribution in [3.63, 3.8) is 0 Å². The number of imide groups is 1. The van der Waals surface area contributed by atoms with Crippen molar-refractivity contribution in [2.75, 3.05) is 0 Å². The molecule has 1 fully saturated rings. The molecule has 37 heavy (non-hydrogen) atoms. The molecule has 0 spiro atoms. The highest BCUT2D eigenvalue weighted by Crippen LogP contribution is 2.42. The summed E-state index contributed by atoms with van der Waals surface area (Å²) in [6, 6.07) is 1.24. The number of carbonyl (C=O) groups is 2. The summed E-state index contributed by atoms with van der Waals surface area (Å²) < 4.78 is 59.5. The summed E-state index contributed by atoms with van der Waals surface area (Å²) in [7, 11) is -0.892. The van der Waals surface area contributed by atoms with Crippen molar-refractivity contribution >= 4 is 27.7 Å². The van der Waals surface area contributed by atoms with E-state index in [4.69, 9.17) is 0 Å². The number of amides is 3. The third kappa shape index (κ3) is 4.55. The zero-order chi connectivity index (χ0) is 26.7. The predicted molar refractivity (Wildman–Crippen MR) is 127 cm³/mol. The summed E-state index contributed by atoms with van der Waals surface area (Å²) in [6.45, 7) is 1.84. The Morgan fingerprint density at radius 1 is 1.24 bits per heavy atom. The van der Waals surface area contributed by atoms with E-state index in [2.05, 4.69) is 14.9 Å². The van der Waals surface area contributed by atoms with E-state index in [0.29, 0.717) is 17.0 Å². The van der Waals surface area contributed by atoms with Crippen molar-refractivity contribution in [1.29, 1.82) is 0 Å². The lowest BCUT2D eigenvalue weighted by molar-refractivity contribution is -0.457. The first-order valence-corrected chi connectivity index (χ1v) is 13.1. The third-order valence-corrected chi connectivity index (χ3v) is 8.31. The van der Waals surface area contributed by atoms with Gasteiger partial charge in [0.2, 0.25) is 10.0 Å². The summed E-state index contributed by atoms with van der Waals surface area (Å²) in [4.78, 5) is 27.8. The normalized spacial score (nSPS) is 21.1. The average Bonchev–Trinajstić information content (AvgIpc) is 3.38. The van der Waals surface area contributed by atoms with E-state index in [9.17, 15) is 26.8 Å². The number of halogens is 2. The minimum absolute atomic E-state index is 0.0336. The molecule has 5 rings (SSSR count). The quantitative estimate of drug-likeness (QED) is 0.511. The van der Waals surface area contributed by atoms with Crippen molar-refractivity contribution in [2.24, 2.45) is 20.0 Å². The summed E-state index contributed by atoms with van der Waals surface area (Å²) in [5.74, 6) is -1.73. The Bertz CT molecular complexity index is 1500. The van der Waals surface area contributed by atoms with E-state index in [1.807, 2.05) is 13.0 Å². The Labute approximate surface area is 211 Å². The van der Waals surface area contributed by atoms with Crippen LogP contribution in [0.15, 0.2) is 41.6 Å². The van der Waals surface area contributed by atoms with Crippen LogP contribution < -0.4 is 4.72 Å². The Morgan fingerprint density at radius 2 is 1.97 bits per heavy atom. The fourth-order valence-electron chi connectivity index (χ4n) is 4.57. The second-order valence-corrected chi connectivity index (χ2v) is 11.3. The lowest BCUT2D eigenvalue weighted by atomic mass is 9.94.